The first kappa shape index (κ1) is 34.2. The molecular formula is C41H41NO6. The lowest BCUT2D eigenvalue weighted by Crippen LogP contribution is -2.21. The van der Waals surface area contributed by atoms with Gasteiger partial charge in [0.05, 0.1) is 0 Å². The quantitative estimate of drug-likeness (QED) is 0.0990. The van der Waals surface area contributed by atoms with Crippen molar-refractivity contribution < 1.29 is 28.5 Å². The zero-order valence-electron chi connectivity index (χ0n) is 27.8. The molecule has 0 N–H and O–H groups in total. The second-order valence-corrected chi connectivity index (χ2v) is 11.5. The highest BCUT2D eigenvalue weighted by atomic mass is 16.5. The van der Waals surface area contributed by atoms with Crippen LogP contribution < -0.4 is 9.47 Å². The van der Waals surface area contributed by atoms with Crippen molar-refractivity contribution in [3.63, 3.8) is 0 Å². The summed E-state index contributed by atoms with van der Waals surface area (Å²) in [5.41, 5.74) is 5.26. The minimum Gasteiger partial charge on any atom is -0.439 e. The predicted octanol–water partition coefficient (Wildman–Crippen LogP) is 10.00. The predicted molar refractivity (Wildman–Crippen MR) is 188 cm³/mol. The van der Waals surface area contributed by atoms with E-state index in [9.17, 15) is 9.59 Å². The van der Waals surface area contributed by atoms with Crippen molar-refractivity contribution in [1.29, 1.82) is 0 Å². The van der Waals surface area contributed by atoms with Crippen molar-refractivity contribution in [1.82, 2.24) is 4.98 Å². The molecule has 0 bridgehead atoms. The number of rotatable bonds is 16. The average molecular weight is 644 g/mol. The van der Waals surface area contributed by atoms with E-state index in [1.165, 1.54) is 0 Å². The van der Waals surface area contributed by atoms with Crippen molar-refractivity contribution in [2.24, 2.45) is 0 Å². The Morgan fingerprint density at radius 3 is 1.19 bits per heavy atom. The van der Waals surface area contributed by atoms with Gasteiger partial charge in [0.1, 0.15) is 23.7 Å². The molecule has 0 saturated heterocycles. The summed E-state index contributed by atoms with van der Waals surface area (Å²) >= 11 is 0. The summed E-state index contributed by atoms with van der Waals surface area (Å²) in [5, 5.41) is 0. The summed E-state index contributed by atoms with van der Waals surface area (Å²) < 4.78 is 23.2. The summed E-state index contributed by atoms with van der Waals surface area (Å²) in [6, 6.07) is 35.9. The Morgan fingerprint density at radius 2 is 0.854 bits per heavy atom. The molecule has 0 spiro atoms. The number of Topliss-reactive ketones (excluding diaryl/α,β-unsaturated/α-hetero) is 2. The van der Waals surface area contributed by atoms with Crippen LogP contribution in [0.5, 0.6) is 23.3 Å². The third kappa shape index (κ3) is 9.03. The fourth-order valence-corrected chi connectivity index (χ4v) is 5.05. The number of aromatic nitrogens is 1. The first-order valence-corrected chi connectivity index (χ1v) is 16.4. The maximum Gasteiger partial charge on any atom is 0.222 e. The standard InChI is InChI=1S/C41H41NO6/c1-5-26-45-28(3)40(43)34-14-10-30(11-15-34)32-18-22-36(23-19-32)47-38-8-7-9-39(42-38)48-37-24-20-33(21-25-37)31-12-16-35(17-13-31)41(44)29(4)46-27-6-2/h7-25,28-29H,5-6,26-27H2,1-4H3. The number of nitrogens with zero attached hydrogens (tertiary/aromatic N) is 1. The molecule has 0 aliphatic carbocycles. The number of pyridine rings is 1. The first-order valence-electron chi connectivity index (χ1n) is 16.4. The molecule has 0 aliphatic heterocycles. The highest BCUT2D eigenvalue weighted by Gasteiger charge is 2.16. The molecule has 2 atom stereocenters. The molecule has 1 aromatic heterocycles. The van der Waals surface area contributed by atoms with E-state index >= 15 is 0 Å². The fourth-order valence-electron chi connectivity index (χ4n) is 5.05. The van der Waals surface area contributed by atoms with Crippen LogP contribution in [-0.2, 0) is 9.47 Å². The van der Waals surface area contributed by atoms with Gasteiger partial charge in [0, 0.05) is 36.5 Å². The molecule has 4 aromatic carbocycles. The van der Waals surface area contributed by atoms with Crippen LogP contribution in [0.25, 0.3) is 22.3 Å². The highest BCUT2D eigenvalue weighted by molar-refractivity contribution is 6.00. The second-order valence-electron chi connectivity index (χ2n) is 11.5. The lowest BCUT2D eigenvalue weighted by molar-refractivity contribution is 0.0477. The summed E-state index contributed by atoms with van der Waals surface area (Å²) in [5.74, 6) is 2.05. The SMILES string of the molecule is CCCOC(C)C(=O)c1ccc(-c2ccc(Oc3cccc(Oc4ccc(-c5ccc(C(=O)C(C)OCCC)cc5)cc4)n3)cc2)cc1. The molecule has 5 rings (SSSR count). The van der Waals surface area contributed by atoms with E-state index < -0.39 is 12.2 Å². The smallest absolute Gasteiger partial charge is 0.222 e. The fraction of sp³-hybridized carbons (Fsp3) is 0.244. The number of carbonyl (C=O) groups is 2. The molecule has 0 radical (unpaired) electrons. The van der Waals surface area contributed by atoms with Crippen LogP contribution in [0.4, 0.5) is 0 Å². The first-order chi connectivity index (χ1) is 23.3. The summed E-state index contributed by atoms with van der Waals surface area (Å²) in [7, 11) is 0. The minimum absolute atomic E-state index is 0.0191. The maximum absolute atomic E-state index is 12.6. The summed E-state index contributed by atoms with van der Waals surface area (Å²) in [4.78, 5) is 29.7. The van der Waals surface area contributed by atoms with Crippen molar-refractivity contribution in [2.75, 3.05) is 13.2 Å². The van der Waals surface area contributed by atoms with Crippen LogP contribution in [0.2, 0.25) is 0 Å². The molecule has 7 nitrogen and oxygen atoms in total. The topological polar surface area (TPSA) is 84.0 Å². The van der Waals surface area contributed by atoms with Crippen LogP contribution >= 0.6 is 0 Å². The second kappa shape index (κ2) is 16.6. The van der Waals surface area contributed by atoms with E-state index in [2.05, 4.69) is 4.98 Å². The maximum atomic E-state index is 12.6. The lowest BCUT2D eigenvalue weighted by atomic mass is 10.0. The Kier molecular flexibility index (Phi) is 11.9. The van der Waals surface area contributed by atoms with Gasteiger partial charge in [-0.2, -0.15) is 4.98 Å². The molecule has 0 aliphatic rings. The van der Waals surface area contributed by atoms with Crippen molar-refractivity contribution in [3.8, 4) is 45.5 Å². The van der Waals surface area contributed by atoms with Crippen molar-refractivity contribution >= 4 is 11.6 Å². The van der Waals surface area contributed by atoms with Crippen LogP contribution in [0.3, 0.4) is 0 Å². The average Bonchev–Trinajstić information content (AvgIpc) is 3.13. The van der Waals surface area contributed by atoms with Crippen LogP contribution in [-0.4, -0.2) is 42.0 Å². The third-order valence-corrected chi connectivity index (χ3v) is 7.74. The summed E-state index contributed by atoms with van der Waals surface area (Å²) in [6.45, 7) is 8.76. The number of hydrogen-bond donors (Lipinski definition) is 0. The molecule has 5 aromatic rings. The number of ketones is 2. The number of ether oxygens (including phenoxy) is 4. The Hall–Kier alpha value is -5.11. The van der Waals surface area contributed by atoms with E-state index in [-0.39, 0.29) is 11.6 Å². The molecule has 48 heavy (non-hydrogen) atoms. The molecule has 246 valence electrons. The van der Waals surface area contributed by atoms with E-state index in [0.717, 1.165) is 35.1 Å². The van der Waals surface area contributed by atoms with Crippen LogP contribution in [0.15, 0.2) is 115 Å². The van der Waals surface area contributed by atoms with Gasteiger partial charge in [0.25, 0.3) is 0 Å². The van der Waals surface area contributed by atoms with Gasteiger partial charge in [0.15, 0.2) is 11.6 Å². The van der Waals surface area contributed by atoms with Crippen LogP contribution in [0.1, 0.15) is 61.3 Å². The third-order valence-electron chi connectivity index (χ3n) is 7.74. The Morgan fingerprint density at radius 1 is 0.521 bits per heavy atom. The molecule has 0 fully saturated rings. The van der Waals surface area contributed by atoms with E-state index in [1.54, 1.807) is 26.0 Å². The largest absolute Gasteiger partial charge is 0.439 e. The van der Waals surface area contributed by atoms with Gasteiger partial charge < -0.3 is 18.9 Å². The zero-order valence-corrected chi connectivity index (χ0v) is 27.8. The van der Waals surface area contributed by atoms with Crippen molar-refractivity contribution in [2.45, 2.75) is 52.7 Å². The van der Waals surface area contributed by atoms with Crippen LogP contribution in [0, 0.1) is 0 Å². The van der Waals surface area contributed by atoms with E-state index in [4.69, 9.17) is 18.9 Å². The lowest BCUT2D eigenvalue weighted by Gasteiger charge is -2.12. The molecule has 0 saturated carbocycles. The van der Waals surface area contributed by atoms with Gasteiger partial charge in [-0.3, -0.25) is 9.59 Å². The number of carbonyl (C=O) groups excluding carboxylic acids is 2. The number of benzene rings is 4. The zero-order chi connectivity index (χ0) is 33.9. The number of hydrogen-bond acceptors (Lipinski definition) is 7. The van der Waals surface area contributed by atoms with Gasteiger partial charge in [-0.1, -0.05) is 92.7 Å². The summed E-state index contributed by atoms with van der Waals surface area (Å²) in [6.07, 6.45) is 0.831. The molecular weight excluding hydrogens is 602 g/mol. The minimum atomic E-state index is -0.459. The van der Waals surface area contributed by atoms with Gasteiger partial charge in [-0.15, -0.1) is 0 Å². The van der Waals surface area contributed by atoms with Gasteiger partial charge >= 0.3 is 0 Å². The Balaban J connectivity index is 1.17. The van der Waals surface area contributed by atoms with E-state index in [1.807, 2.05) is 117 Å². The highest BCUT2D eigenvalue weighted by Crippen LogP contribution is 2.29. The normalized spacial score (nSPS) is 12.2. The van der Waals surface area contributed by atoms with Gasteiger partial charge in [-0.25, -0.2) is 0 Å². The monoisotopic (exact) mass is 643 g/mol. The van der Waals surface area contributed by atoms with E-state index in [0.29, 0.717) is 47.6 Å². The molecule has 2 unspecified atom stereocenters. The van der Waals surface area contributed by atoms with Gasteiger partial charge in [-0.05, 0) is 73.2 Å². The molecule has 0 amide bonds. The Labute approximate surface area is 282 Å². The molecule has 7 heteroatoms. The van der Waals surface area contributed by atoms with Crippen molar-refractivity contribution in [3.05, 3.63) is 126 Å². The van der Waals surface area contributed by atoms with Gasteiger partial charge in [0.2, 0.25) is 11.8 Å². The Bertz CT molecular complexity index is 1650. The molecule has 1 heterocycles.